The first-order chi connectivity index (χ1) is 5.79. The van der Waals surface area contributed by atoms with Crippen molar-refractivity contribution in [2.75, 3.05) is 0 Å². The Morgan fingerprint density at radius 1 is 1.17 bits per heavy atom. The van der Waals surface area contributed by atoms with Crippen molar-refractivity contribution in [2.24, 2.45) is 0 Å². The Balaban J connectivity index is 2.59. The van der Waals surface area contributed by atoms with Crippen molar-refractivity contribution in [2.45, 2.75) is 18.7 Å². The summed E-state index contributed by atoms with van der Waals surface area (Å²) >= 11 is 1.69. The fourth-order valence-corrected chi connectivity index (χ4v) is 2.17. The molecule has 0 amide bonds. The van der Waals surface area contributed by atoms with E-state index in [0.717, 1.165) is 0 Å². The molecule has 1 aromatic rings. The summed E-state index contributed by atoms with van der Waals surface area (Å²) in [6, 6.07) is 8.47. The second-order valence-corrected chi connectivity index (χ2v) is 3.80. The van der Waals surface area contributed by atoms with E-state index in [-0.39, 0.29) is 0 Å². The first-order valence-corrected chi connectivity index (χ1v) is 4.80. The fraction of sp³-hybridized carbons (Fsp3) is 0.200. The molecule has 0 atom stereocenters. The molecule has 0 unspecified atom stereocenters. The van der Waals surface area contributed by atoms with Crippen LogP contribution in [0.2, 0.25) is 0 Å². The van der Waals surface area contributed by atoms with Crippen molar-refractivity contribution in [3.8, 4) is 0 Å². The van der Waals surface area contributed by atoms with Gasteiger partial charge in [0.15, 0.2) is 0 Å². The van der Waals surface area contributed by atoms with E-state index in [1.54, 1.807) is 11.9 Å². The number of hydrogen-bond donors (Lipinski definition) is 1. The van der Waals surface area contributed by atoms with Crippen LogP contribution in [-0.4, -0.2) is 0 Å². The molecule has 1 N–H and O–H groups in total. The summed E-state index contributed by atoms with van der Waals surface area (Å²) < 4.78 is 3.28. The molecule has 12 heavy (non-hydrogen) atoms. The molecule has 62 valence electrons. The summed E-state index contributed by atoms with van der Waals surface area (Å²) in [5, 5.41) is 0. The Morgan fingerprint density at radius 3 is 2.75 bits per heavy atom. The molecule has 0 fully saturated rings. The molecule has 0 saturated heterocycles. The van der Waals surface area contributed by atoms with Crippen molar-refractivity contribution in [3.05, 3.63) is 35.5 Å². The van der Waals surface area contributed by atoms with Gasteiger partial charge in [0.05, 0.1) is 0 Å². The van der Waals surface area contributed by atoms with E-state index >= 15 is 0 Å². The molecule has 1 nitrogen and oxygen atoms in total. The predicted molar refractivity (Wildman–Crippen MR) is 53.7 cm³/mol. The molecule has 0 aromatic heterocycles. The van der Waals surface area contributed by atoms with E-state index in [1.807, 2.05) is 0 Å². The number of benzene rings is 1. The minimum Gasteiger partial charge on any atom is -0.329 e. The van der Waals surface area contributed by atoms with Crippen LogP contribution < -0.4 is 4.72 Å². The Kier molecular flexibility index (Phi) is 1.85. The van der Waals surface area contributed by atoms with Gasteiger partial charge in [-0.3, -0.25) is 0 Å². The first kappa shape index (κ1) is 7.74. The van der Waals surface area contributed by atoms with Gasteiger partial charge in [0, 0.05) is 10.6 Å². The van der Waals surface area contributed by atoms with E-state index in [0.29, 0.717) is 0 Å². The molecule has 0 radical (unpaired) electrons. The number of hydrogen-bond acceptors (Lipinski definition) is 2. The van der Waals surface area contributed by atoms with E-state index in [9.17, 15) is 0 Å². The second-order valence-electron chi connectivity index (χ2n) is 2.95. The van der Waals surface area contributed by atoms with E-state index in [1.165, 1.54) is 21.7 Å². The highest BCUT2D eigenvalue weighted by Crippen LogP contribution is 2.32. The quantitative estimate of drug-likeness (QED) is 0.611. The minimum atomic E-state index is 1.26. The highest BCUT2D eigenvalue weighted by atomic mass is 32.2. The first-order valence-electron chi connectivity index (χ1n) is 3.99. The van der Waals surface area contributed by atoms with Crippen molar-refractivity contribution in [1.29, 1.82) is 0 Å². The van der Waals surface area contributed by atoms with Crippen LogP contribution in [0.5, 0.6) is 0 Å². The van der Waals surface area contributed by atoms with E-state index < -0.39 is 0 Å². The van der Waals surface area contributed by atoms with Gasteiger partial charge in [-0.1, -0.05) is 18.2 Å². The van der Waals surface area contributed by atoms with E-state index in [4.69, 9.17) is 0 Å². The number of rotatable bonds is 0. The Morgan fingerprint density at radius 2 is 1.92 bits per heavy atom. The van der Waals surface area contributed by atoms with Crippen molar-refractivity contribution in [1.82, 2.24) is 4.72 Å². The van der Waals surface area contributed by atoms with Crippen LogP contribution in [0.4, 0.5) is 0 Å². The average molecular weight is 177 g/mol. The predicted octanol–water partition coefficient (Wildman–Crippen LogP) is 3.05. The van der Waals surface area contributed by atoms with Gasteiger partial charge in [0.2, 0.25) is 0 Å². The third kappa shape index (κ3) is 1.12. The van der Waals surface area contributed by atoms with Crippen LogP contribution in [0.3, 0.4) is 0 Å². The molecule has 0 spiro atoms. The lowest BCUT2D eigenvalue weighted by atomic mass is 10.1. The zero-order chi connectivity index (χ0) is 8.55. The molecule has 1 heterocycles. The van der Waals surface area contributed by atoms with Crippen molar-refractivity contribution in [3.63, 3.8) is 0 Å². The largest absolute Gasteiger partial charge is 0.329 e. The standard InChI is InChI=1S/C10H11NS/c1-7-8(2)11-12-10-6-4-3-5-9(7)10/h3-6,11H,1-2H3. The maximum absolute atomic E-state index is 3.28. The van der Waals surface area contributed by atoms with Crippen LogP contribution in [0.15, 0.2) is 34.9 Å². The molecular weight excluding hydrogens is 166 g/mol. The molecular formula is C10H11NS. The van der Waals surface area contributed by atoms with Gasteiger partial charge < -0.3 is 4.72 Å². The Hall–Kier alpha value is -0.890. The second kappa shape index (κ2) is 2.87. The lowest BCUT2D eigenvalue weighted by molar-refractivity contribution is 1.15. The lowest BCUT2D eigenvalue weighted by Gasteiger charge is -2.19. The molecule has 1 aliphatic heterocycles. The summed E-state index contributed by atoms with van der Waals surface area (Å²) in [6.07, 6.45) is 0. The van der Waals surface area contributed by atoms with Gasteiger partial charge in [-0.2, -0.15) is 0 Å². The number of nitrogens with one attached hydrogen (secondary N) is 1. The molecule has 0 saturated carbocycles. The zero-order valence-electron chi connectivity index (χ0n) is 7.22. The van der Waals surface area contributed by atoms with Gasteiger partial charge in [0.25, 0.3) is 0 Å². The van der Waals surface area contributed by atoms with Gasteiger partial charge in [-0.15, -0.1) is 0 Å². The third-order valence-electron chi connectivity index (χ3n) is 2.17. The van der Waals surface area contributed by atoms with Gasteiger partial charge >= 0.3 is 0 Å². The van der Waals surface area contributed by atoms with Crippen LogP contribution in [-0.2, 0) is 0 Å². The summed E-state index contributed by atoms with van der Waals surface area (Å²) in [4.78, 5) is 1.32. The smallest absolute Gasteiger partial charge is 0.0360 e. The van der Waals surface area contributed by atoms with Crippen LogP contribution in [0.25, 0.3) is 5.57 Å². The fourth-order valence-electron chi connectivity index (χ4n) is 1.28. The number of fused-ring (bicyclic) bond motifs is 1. The molecule has 1 aliphatic rings. The summed E-state index contributed by atoms with van der Waals surface area (Å²) in [5.41, 5.74) is 3.97. The van der Waals surface area contributed by atoms with E-state index in [2.05, 4.69) is 42.8 Å². The normalized spacial score (nSPS) is 15.5. The highest BCUT2D eigenvalue weighted by Gasteiger charge is 2.11. The SMILES string of the molecule is CC1=C(C)c2ccccc2SN1. The Bertz CT molecular complexity index is 341. The molecule has 2 rings (SSSR count). The monoisotopic (exact) mass is 177 g/mol. The highest BCUT2D eigenvalue weighted by molar-refractivity contribution is 7.97. The summed E-state index contributed by atoms with van der Waals surface area (Å²) in [5.74, 6) is 0. The zero-order valence-corrected chi connectivity index (χ0v) is 8.03. The molecule has 0 bridgehead atoms. The van der Waals surface area contributed by atoms with Crippen LogP contribution in [0.1, 0.15) is 19.4 Å². The number of allylic oxidation sites excluding steroid dienone is 2. The maximum atomic E-state index is 3.28. The lowest BCUT2D eigenvalue weighted by Crippen LogP contribution is -2.08. The molecule has 0 aliphatic carbocycles. The average Bonchev–Trinajstić information content (AvgIpc) is 2.12. The molecule has 2 heteroatoms. The minimum absolute atomic E-state index is 1.26. The van der Waals surface area contributed by atoms with Crippen molar-refractivity contribution >= 4 is 17.5 Å². The van der Waals surface area contributed by atoms with Crippen LogP contribution >= 0.6 is 11.9 Å². The van der Waals surface area contributed by atoms with Crippen molar-refractivity contribution < 1.29 is 0 Å². The van der Waals surface area contributed by atoms with Gasteiger partial charge in [0.1, 0.15) is 0 Å². The maximum Gasteiger partial charge on any atom is 0.0360 e. The topological polar surface area (TPSA) is 12.0 Å². The van der Waals surface area contributed by atoms with Crippen LogP contribution in [0, 0.1) is 0 Å². The van der Waals surface area contributed by atoms with Gasteiger partial charge in [-0.25, -0.2) is 0 Å². The van der Waals surface area contributed by atoms with Gasteiger partial charge in [-0.05, 0) is 43.0 Å². The molecule has 1 aromatic carbocycles. The summed E-state index contributed by atoms with van der Waals surface area (Å²) in [7, 11) is 0. The Labute approximate surface area is 77.0 Å². The third-order valence-corrected chi connectivity index (χ3v) is 3.15. The summed E-state index contributed by atoms with van der Waals surface area (Å²) in [6.45, 7) is 4.26.